The van der Waals surface area contributed by atoms with Crippen LogP contribution in [0.2, 0.25) is 0 Å². The molecule has 0 atom stereocenters. The van der Waals surface area contributed by atoms with Crippen molar-refractivity contribution in [1.29, 1.82) is 0 Å². The molecule has 0 saturated carbocycles. The molecule has 18 heavy (non-hydrogen) atoms. The number of aromatic amines is 1. The first-order chi connectivity index (χ1) is 8.92. The van der Waals surface area contributed by atoms with Crippen LogP contribution < -0.4 is 10.2 Å². The fourth-order valence-corrected chi connectivity index (χ4v) is 3.81. The highest BCUT2D eigenvalue weighted by atomic mass is 32.2. The van der Waals surface area contributed by atoms with Gasteiger partial charge in [0.05, 0.1) is 0 Å². The Hall–Kier alpha value is -0.750. The fourth-order valence-electron chi connectivity index (χ4n) is 2.61. The quantitative estimate of drug-likeness (QED) is 0.852. The van der Waals surface area contributed by atoms with Gasteiger partial charge < -0.3 is 10.2 Å². The van der Waals surface area contributed by atoms with Crippen LogP contribution in [0.15, 0.2) is 0 Å². The van der Waals surface area contributed by atoms with E-state index in [0.29, 0.717) is 0 Å². The minimum atomic E-state index is 0.801. The maximum Gasteiger partial charge on any atom is 0.244 e. The summed E-state index contributed by atoms with van der Waals surface area (Å²) in [5.74, 6) is 5.37. The summed E-state index contributed by atoms with van der Waals surface area (Å²) in [4.78, 5) is 6.91. The van der Waals surface area contributed by atoms with Crippen molar-refractivity contribution < 1.29 is 0 Å². The second-order valence-electron chi connectivity index (χ2n) is 5.08. The van der Waals surface area contributed by atoms with Crippen molar-refractivity contribution >= 4 is 17.7 Å². The minimum absolute atomic E-state index is 0.801. The number of anilines is 1. The number of piperazine rings is 1. The van der Waals surface area contributed by atoms with Crippen LogP contribution >= 0.6 is 11.8 Å². The first-order valence-electron chi connectivity index (χ1n) is 6.86. The van der Waals surface area contributed by atoms with E-state index in [1.165, 1.54) is 24.3 Å². The molecule has 2 aliphatic heterocycles. The van der Waals surface area contributed by atoms with Crippen LogP contribution in [0.25, 0.3) is 0 Å². The van der Waals surface area contributed by atoms with Crippen LogP contribution in [-0.2, 0) is 6.42 Å². The molecule has 2 fully saturated rings. The minimum Gasteiger partial charge on any atom is -0.337 e. The first-order valence-corrected chi connectivity index (χ1v) is 8.02. The zero-order valence-electron chi connectivity index (χ0n) is 10.7. The molecule has 0 aliphatic carbocycles. The van der Waals surface area contributed by atoms with Crippen molar-refractivity contribution in [3.8, 4) is 0 Å². The van der Waals surface area contributed by atoms with Crippen LogP contribution in [0.3, 0.4) is 0 Å². The lowest BCUT2D eigenvalue weighted by Crippen LogP contribution is -2.44. The van der Waals surface area contributed by atoms with Crippen molar-refractivity contribution in [2.75, 3.05) is 42.6 Å². The molecule has 1 aromatic heterocycles. The highest BCUT2D eigenvalue weighted by molar-refractivity contribution is 7.99. The third-order valence-corrected chi connectivity index (χ3v) is 4.79. The average molecular weight is 267 g/mol. The van der Waals surface area contributed by atoms with E-state index < -0.39 is 0 Å². The van der Waals surface area contributed by atoms with Gasteiger partial charge in [0, 0.05) is 32.6 Å². The van der Waals surface area contributed by atoms with Gasteiger partial charge in [0.2, 0.25) is 5.95 Å². The number of H-pyrrole nitrogens is 1. The Balaban J connectivity index is 1.58. The van der Waals surface area contributed by atoms with Gasteiger partial charge in [-0.2, -0.15) is 16.7 Å². The summed E-state index contributed by atoms with van der Waals surface area (Å²) in [5.41, 5.74) is 0. The molecule has 100 valence electrons. The third kappa shape index (κ3) is 2.98. The topological polar surface area (TPSA) is 56.8 Å². The first kappa shape index (κ1) is 12.3. The molecule has 0 radical (unpaired) electrons. The summed E-state index contributed by atoms with van der Waals surface area (Å²) in [6.07, 6.45) is 3.72. The van der Waals surface area contributed by atoms with Crippen LogP contribution in [-0.4, -0.2) is 52.9 Å². The lowest BCUT2D eigenvalue weighted by atomic mass is 9.99. The van der Waals surface area contributed by atoms with E-state index in [1.54, 1.807) is 0 Å². The van der Waals surface area contributed by atoms with Crippen molar-refractivity contribution in [1.82, 2.24) is 20.5 Å². The van der Waals surface area contributed by atoms with Crippen molar-refractivity contribution in [2.45, 2.75) is 19.3 Å². The van der Waals surface area contributed by atoms with Crippen LogP contribution in [0.5, 0.6) is 0 Å². The number of rotatable bonds is 3. The van der Waals surface area contributed by atoms with E-state index in [9.17, 15) is 0 Å². The molecule has 5 nitrogen and oxygen atoms in total. The molecule has 2 aliphatic rings. The monoisotopic (exact) mass is 267 g/mol. The van der Waals surface area contributed by atoms with E-state index in [0.717, 1.165) is 50.3 Å². The molecule has 0 unspecified atom stereocenters. The van der Waals surface area contributed by atoms with Gasteiger partial charge in [-0.25, -0.2) is 0 Å². The van der Waals surface area contributed by atoms with Gasteiger partial charge in [-0.1, -0.05) is 0 Å². The van der Waals surface area contributed by atoms with Crippen molar-refractivity contribution in [2.24, 2.45) is 5.92 Å². The molecule has 2 N–H and O–H groups in total. The summed E-state index contributed by atoms with van der Waals surface area (Å²) in [5, 5.41) is 10.8. The number of nitrogens with one attached hydrogen (secondary N) is 2. The number of nitrogens with zero attached hydrogens (tertiary/aromatic N) is 3. The Morgan fingerprint density at radius 1 is 1.22 bits per heavy atom. The molecule has 0 bridgehead atoms. The van der Waals surface area contributed by atoms with Gasteiger partial charge in [0.1, 0.15) is 5.82 Å². The summed E-state index contributed by atoms with van der Waals surface area (Å²) in [6, 6.07) is 0. The normalized spacial score (nSPS) is 22.3. The lowest BCUT2D eigenvalue weighted by molar-refractivity contribution is 0.477. The zero-order chi connectivity index (χ0) is 12.2. The maximum atomic E-state index is 4.65. The summed E-state index contributed by atoms with van der Waals surface area (Å²) in [6.45, 7) is 4.09. The average Bonchev–Trinajstić information content (AvgIpc) is 2.89. The molecular weight excluding hydrogens is 246 g/mol. The van der Waals surface area contributed by atoms with E-state index >= 15 is 0 Å². The molecule has 6 heteroatoms. The molecule has 1 aromatic rings. The molecular formula is C12H21N5S. The van der Waals surface area contributed by atoms with E-state index in [4.69, 9.17) is 0 Å². The molecule has 0 spiro atoms. The Kier molecular flexibility index (Phi) is 4.05. The Morgan fingerprint density at radius 2 is 2.00 bits per heavy atom. The number of hydrogen-bond acceptors (Lipinski definition) is 5. The maximum absolute atomic E-state index is 4.65. The van der Waals surface area contributed by atoms with Crippen LogP contribution in [0.1, 0.15) is 18.7 Å². The molecule has 3 heterocycles. The Morgan fingerprint density at radius 3 is 2.78 bits per heavy atom. The van der Waals surface area contributed by atoms with E-state index in [1.807, 2.05) is 0 Å². The highest BCUT2D eigenvalue weighted by Gasteiger charge is 2.18. The highest BCUT2D eigenvalue weighted by Crippen LogP contribution is 2.25. The van der Waals surface area contributed by atoms with Gasteiger partial charge in [-0.05, 0) is 30.3 Å². The standard InChI is InChI=1S/C12H21N5S/c1-7-18-8-2-10(1)9-11-14-12(16-15-11)17-5-3-13-4-6-17/h10,13H,1-9H2,(H,14,15,16). The molecule has 0 amide bonds. The predicted molar refractivity (Wildman–Crippen MR) is 75.2 cm³/mol. The number of aromatic nitrogens is 3. The lowest BCUT2D eigenvalue weighted by Gasteiger charge is -2.25. The van der Waals surface area contributed by atoms with Gasteiger partial charge in [0.25, 0.3) is 0 Å². The van der Waals surface area contributed by atoms with Crippen molar-refractivity contribution in [3.63, 3.8) is 0 Å². The molecule has 0 aromatic carbocycles. The van der Waals surface area contributed by atoms with Gasteiger partial charge in [-0.15, -0.1) is 5.10 Å². The van der Waals surface area contributed by atoms with Gasteiger partial charge in [0.15, 0.2) is 0 Å². The van der Waals surface area contributed by atoms with Gasteiger partial charge >= 0.3 is 0 Å². The summed E-state index contributed by atoms with van der Waals surface area (Å²) >= 11 is 2.08. The number of hydrogen-bond donors (Lipinski definition) is 2. The van der Waals surface area contributed by atoms with Gasteiger partial charge in [-0.3, -0.25) is 5.10 Å². The van der Waals surface area contributed by atoms with E-state index in [-0.39, 0.29) is 0 Å². The second kappa shape index (κ2) is 5.93. The smallest absolute Gasteiger partial charge is 0.244 e. The van der Waals surface area contributed by atoms with Crippen LogP contribution in [0, 0.1) is 5.92 Å². The fraction of sp³-hybridized carbons (Fsp3) is 0.833. The Bertz CT molecular complexity index is 368. The Labute approximate surface area is 112 Å². The number of thioether (sulfide) groups is 1. The molecule has 2 saturated heterocycles. The second-order valence-corrected chi connectivity index (χ2v) is 6.30. The summed E-state index contributed by atoms with van der Waals surface area (Å²) < 4.78 is 0. The SMILES string of the molecule is C1CN(c2n[nH]c(CC3CCSCC3)n2)CCN1. The summed E-state index contributed by atoms with van der Waals surface area (Å²) in [7, 11) is 0. The van der Waals surface area contributed by atoms with Crippen LogP contribution in [0.4, 0.5) is 5.95 Å². The predicted octanol–water partition coefficient (Wildman–Crippen LogP) is 0.900. The zero-order valence-corrected chi connectivity index (χ0v) is 11.5. The molecule has 3 rings (SSSR count). The third-order valence-electron chi connectivity index (χ3n) is 3.74. The largest absolute Gasteiger partial charge is 0.337 e. The van der Waals surface area contributed by atoms with Crippen molar-refractivity contribution in [3.05, 3.63) is 5.82 Å². The van der Waals surface area contributed by atoms with E-state index in [2.05, 4.69) is 37.2 Å².